The molecule has 4 unspecified atom stereocenters. The predicted octanol–water partition coefficient (Wildman–Crippen LogP) is 0.0788. The van der Waals surface area contributed by atoms with Crippen molar-refractivity contribution in [3.63, 3.8) is 0 Å². The van der Waals surface area contributed by atoms with Gasteiger partial charge in [-0.3, -0.25) is 14.4 Å². The highest BCUT2D eigenvalue weighted by molar-refractivity contribution is 5.94. The van der Waals surface area contributed by atoms with Crippen molar-refractivity contribution in [1.82, 2.24) is 25.9 Å². The first kappa shape index (κ1) is 29.3. The lowest BCUT2D eigenvalue weighted by molar-refractivity contribution is -0.142. The molecule has 0 aliphatic carbocycles. The number of phenolic OH excluding ortho intramolecular Hbond substituents is 1. The number of carbonyl (C=O) groups is 4. The van der Waals surface area contributed by atoms with Gasteiger partial charge in [0.1, 0.15) is 23.9 Å². The largest absolute Gasteiger partial charge is 0.508 e. The van der Waals surface area contributed by atoms with E-state index in [0.717, 1.165) is 0 Å². The zero-order chi connectivity index (χ0) is 27.7. The van der Waals surface area contributed by atoms with E-state index in [4.69, 9.17) is 5.73 Å². The third-order valence-electron chi connectivity index (χ3n) is 5.87. The number of carboxylic acids is 1. The summed E-state index contributed by atoms with van der Waals surface area (Å²) in [5.74, 6) is -3.51. The second kappa shape index (κ2) is 13.4. The van der Waals surface area contributed by atoms with Crippen molar-refractivity contribution < 1.29 is 29.4 Å². The quantitative estimate of drug-likeness (QED) is 0.194. The van der Waals surface area contributed by atoms with Crippen molar-refractivity contribution in [3.05, 3.63) is 48.0 Å². The smallest absolute Gasteiger partial charge is 0.326 e. The summed E-state index contributed by atoms with van der Waals surface area (Å²) in [5, 5.41) is 26.9. The van der Waals surface area contributed by atoms with E-state index in [0.29, 0.717) is 11.3 Å². The number of benzene rings is 1. The highest BCUT2D eigenvalue weighted by atomic mass is 16.4. The number of H-pyrrole nitrogens is 1. The fraction of sp³-hybridized carbons (Fsp3) is 0.480. The molecule has 3 amide bonds. The van der Waals surface area contributed by atoms with Crippen molar-refractivity contribution in [2.24, 2.45) is 17.6 Å². The van der Waals surface area contributed by atoms with Crippen LogP contribution >= 0.6 is 0 Å². The van der Waals surface area contributed by atoms with E-state index >= 15 is 0 Å². The molecule has 37 heavy (non-hydrogen) atoms. The van der Waals surface area contributed by atoms with Crippen molar-refractivity contribution in [1.29, 1.82) is 0 Å². The normalized spacial score (nSPS) is 14.5. The third kappa shape index (κ3) is 8.90. The molecule has 202 valence electrons. The molecular weight excluding hydrogens is 480 g/mol. The average molecular weight is 517 g/mol. The summed E-state index contributed by atoms with van der Waals surface area (Å²) in [7, 11) is 0. The summed E-state index contributed by atoms with van der Waals surface area (Å²) in [6, 6.07) is 1.72. The second-order valence-electron chi connectivity index (χ2n) is 9.61. The van der Waals surface area contributed by atoms with Crippen LogP contribution in [0.4, 0.5) is 0 Å². The zero-order valence-electron chi connectivity index (χ0n) is 21.4. The summed E-state index contributed by atoms with van der Waals surface area (Å²) >= 11 is 0. The van der Waals surface area contributed by atoms with Crippen LogP contribution < -0.4 is 21.7 Å². The summed E-state index contributed by atoms with van der Waals surface area (Å²) in [5.41, 5.74) is 7.04. The monoisotopic (exact) mass is 516 g/mol. The summed E-state index contributed by atoms with van der Waals surface area (Å²) in [6.07, 6.45) is 2.87. The highest BCUT2D eigenvalue weighted by Gasteiger charge is 2.32. The predicted molar refractivity (Wildman–Crippen MR) is 135 cm³/mol. The van der Waals surface area contributed by atoms with E-state index in [2.05, 4.69) is 25.9 Å². The van der Waals surface area contributed by atoms with E-state index < -0.39 is 47.9 Å². The number of nitrogens with two attached hydrogens (primary N) is 1. The number of aromatic hydroxyl groups is 1. The fourth-order valence-electron chi connectivity index (χ4n) is 3.51. The Morgan fingerprint density at radius 3 is 2.03 bits per heavy atom. The van der Waals surface area contributed by atoms with E-state index in [1.165, 1.54) is 24.7 Å². The molecule has 0 aliphatic heterocycles. The molecule has 12 heteroatoms. The number of rotatable bonds is 13. The number of aromatic amines is 1. The maximum atomic E-state index is 13.2. The van der Waals surface area contributed by atoms with Gasteiger partial charge in [0, 0.05) is 24.7 Å². The first-order valence-electron chi connectivity index (χ1n) is 12.0. The number of nitrogens with zero attached hydrogens (tertiary/aromatic N) is 1. The molecule has 2 rings (SSSR count). The Balaban J connectivity index is 2.20. The standard InChI is InChI=1S/C25H36N6O6/c1-13(2)20(26)23(34)31-21(14(3)4)24(35)29-18(10-16-11-27-12-28-16)22(33)30-19(25(36)37)9-15-5-7-17(32)8-6-15/h5-8,11-14,18-21,32H,9-10,26H2,1-4H3,(H,27,28)(H,29,35)(H,30,33)(H,31,34)(H,36,37). The lowest BCUT2D eigenvalue weighted by Crippen LogP contribution is -2.59. The molecule has 1 aromatic heterocycles. The molecule has 2 aromatic rings. The Kier molecular flexibility index (Phi) is 10.6. The molecule has 0 saturated heterocycles. The molecule has 1 aromatic carbocycles. The van der Waals surface area contributed by atoms with Crippen LogP contribution in [0.25, 0.3) is 0 Å². The minimum Gasteiger partial charge on any atom is -0.508 e. The van der Waals surface area contributed by atoms with E-state index in [1.54, 1.807) is 39.8 Å². The first-order valence-corrected chi connectivity index (χ1v) is 12.0. The Morgan fingerprint density at radius 2 is 1.51 bits per heavy atom. The maximum Gasteiger partial charge on any atom is 0.326 e. The number of hydrogen-bond acceptors (Lipinski definition) is 7. The molecule has 0 spiro atoms. The van der Waals surface area contributed by atoms with Gasteiger partial charge < -0.3 is 36.9 Å². The summed E-state index contributed by atoms with van der Waals surface area (Å²) < 4.78 is 0. The number of aliphatic carboxylic acids is 1. The first-order chi connectivity index (χ1) is 17.4. The SMILES string of the molecule is CC(C)C(N)C(=O)NC(C(=O)NC(Cc1cnc[nH]1)C(=O)NC(Cc1ccc(O)cc1)C(=O)O)C(C)C. The van der Waals surface area contributed by atoms with Gasteiger partial charge in [0.15, 0.2) is 0 Å². The minimum atomic E-state index is -1.29. The van der Waals surface area contributed by atoms with Crippen LogP contribution in [0.2, 0.25) is 0 Å². The van der Waals surface area contributed by atoms with Gasteiger partial charge in [0.25, 0.3) is 0 Å². The number of nitrogens with one attached hydrogen (secondary N) is 4. The number of phenols is 1. The van der Waals surface area contributed by atoms with Crippen LogP contribution in [-0.4, -0.2) is 68.0 Å². The lowest BCUT2D eigenvalue weighted by Gasteiger charge is -2.27. The van der Waals surface area contributed by atoms with Crippen LogP contribution in [0.5, 0.6) is 5.75 Å². The second-order valence-corrected chi connectivity index (χ2v) is 9.61. The van der Waals surface area contributed by atoms with E-state index in [1.807, 2.05) is 0 Å². The van der Waals surface area contributed by atoms with Crippen LogP contribution in [0.1, 0.15) is 39.0 Å². The maximum absolute atomic E-state index is 13.2. The van der Waals surface area contributed by atoms with Crippen molar-refractivity contribution in [2.45, 2.75) is 64.7 Å². The number of amides is 3. The molecule has 0 bridgehead atoms. The summed E-state index contributed by atoms with van der Waals surface area (Å²) in [4.78, 5) is 57.6. The van der Waals surface area contributed by atoms with Gasteiger partial charge >= 0.3 is 5.97 Å². The third-order valence-corrected chi connectivity index (χ3v) is 5.87. The number of carboxylic acid groups (broad SMARTS) is 1. The number of carbonyl (C=O) groups excluding carboxylic acids is 3. The molecule has 8 N–H and O–H groups in total. The number of aromatic nitrogens is 2. The van der Waals surface area contributed by atoms with Gasteiger partial charge in [-0.25, -0.2) is 9.78 Å². The fourth-order valence-corrected chi connectivity index (χ4v) is 3.51. The lowest BCUT2D eigenvalue weighted by atomic mass is 9.99. The van der Waals surface area contributed by atoms with Gasteiger partial charge in [0.2, 0.25) is 17.7 Å². The van der Waals surface area contributed by atoms with Gasteiger partial charge in [-0.1, -0.05) is 39.8 Å². The molecule has 0 radical (unpaired) electrons. The van der Waals surface area contributed by atoms with Gasteiger partial charge in [-0.15, -0.1) is 0 Å². The Bertz CT molecular complexity index is 1050. The van der Waals surface area contributed by atoms with Crippen LogP contribution in [0.15, 0.2) is 36.8 Å². The van der Waals surface area contributed by atoms with Gasteiger partial charge in [0.05, 0.1) is 12.4 Å². The Labute approximate surface area is 215 Å². The average Bonchev–Trinajstić information content (AvgIpc) is 3.34. The van der Waals surface area contributed by atoms with Crippen LogP contribution in [0.3, 0.4) is 0 Å². The van der Waals surface area contributed by atoms with E-state index in [9.17, 15) is 29.4 Å². The molecule has 0 aliphatic rings. The molecular formula is C25H36N6O6. The van der Waals surface area contributed by atoms with E-state index in [-0.39, 0.29) is 30.4 Å². The van der Waals surface area contributed by atoms with Gasteiger partial charge in [-0.05, 0) is 29.5 Å². The Morgan fingerprint density at radius 1 is 0.892 bits per heavy atom. The molecule has 12 nitrogen and oxygen atoms in total. The molecule has 0 saturated carbocycles. The topological polar surface area (TPSA) is 200 Å². The van der Waals surface area contributed by atoms with Crippen molar-refractivity contribution in [3.8, 4) is 5.75 Å². The molecule has 4 atom stereocenters. The minimum absolute atomic E-state index is 0.00733. The van der Waals surface area contributed by atoms with Gasteiger partial charge in [-0.2, -0.15) is 0 Å². The number of hydrogen-bond donors (Lipinski definition) is 7. The molecule has 0 fully saturated rings. The Hall–Kier alpha value is -3.93. The van der Waals surface area contributed by atoms with Crippen LogP contribution in [-0.2, 0) is 32.0 Å². The van der Waals surface area contributed by atoms with Crippen LogP contribution in [0, 0.1) is 11.8 Å². The zero-order valence-corrected chi connectivity index (χ0v) is 21.4. The highest BCUT2D eigenvalue weighted by Crippen LogP contribution is 2.12. The van der Waals surface area contributed by atoms with Crippen molar-refractivity contribution >= 4 is 23.7 Å². The number of imidazole rings is 1. The van der Waals surface area contributed by atoms with Crippen molar-refractivity contribution in [2.75, 3.05) is 0 Å². The molecule has 1 heterocycles. The summed E-state index contributed by atoms with van der Waals surface area (Å²) in [6.45, 7) is 7.06.